The summed E-state index contributed by atoms with van der Waals surface area (Å²) in [6.45, 7) is 6.67. The lowest BCUT2D eigenvalue weighted by atomic mass is 10.00. The number of anilines is 2. The zero-order valence-electron chi connectivity index (χ0n) is 16.4. The molecule has 0 saturated carbocycles. The SMILES string of the molecule is C/C(=C1\C(=O)Nc2ccc(NS(=O)(=O)NC(=O)OC(C)(C)C)cc21)c1ccc[nH]1. The molecule has 1 aliphatic rings. The number of carbonyl (C=O) groups is 2. The van der Waals surface area contributed by atoms with E-state index >= 15 is 0 Å². The van der Waals surface area contributed by atoms with E-state index in [0.717, 1.165) is 11.3 Å². The van der Waals surface area contributed by atoms with Gasteiger partial charge in [0.05, 0.1) is 11.3 Å². The number of hydrogen-bond acceptors (Lipinski definition) is 5. The zero-order valence-corrected chi connectivity index (χ0v) is 17.2. The highest BCUT2D eigenvalue weighted by atomic mass is 32.2. The molecule has 0 bridgehead atoms. The van der Waals surface area contributed by atoms with E-state index in [9.17, 15) is 18.0 Å². The van der Waals surface area contributed by atoms with Crippen LogP contribution in [0.2, 0.25) is 0 Å². The van der Waals surface area contributed by atoms with Gasteiger partial charge < -0.3 is 15.0 Å². The van der Waals surface area contributed by atoms with E-state index in [1.807, 2.05) is 12.1 Å². The minimum atomic E-state index is -4.22. The fraction of sp³-hybridized carbons (Fsp3) is 0.263. The number of ether oxygens (including phenoxy) is 1. The van der Waals surface area contributed by atoms with Gasteiger partial charge in [0, 0.05) is 23.1 Å². The summed E-state index contributed by atoms with van der Waals surface area (Å²) in [5.74, 6) is -0.279. The second-order valence-electron chi connectivity index (χ2n) is 7.51. The van der Waals surface area contributed by atoms with Crippen molar-refractivity contribution in [3.05, 3.63) is 47.8 Å². The lowest BCUT2D eigenvalue weighted by Crippen LogP contribution is -2.39. The van der Waals surface area contributed by atoms with Gasteiger partial charge in [0.1, 0.15) is 5.60 Å². The van der Waals surface area contributed by atoms with Gasteiger partial charge in [-0.15, -0.1) is 0 Å². The number of hydrogen-bond donors (Lipinski definition) is 4. The van der Waals surface area contributed by atoms with Crippen LogP contribution in [0.25, 0.3) is 11.1 Å². The number of aromatic nitrogens is 1. The molecule has 1 aliphatic heterocycles. The minimum Gasteiger partial charge on any atom is -0.443 e. The number of fused-ring (bicyclic) bond motifs is 1. The van der Waals surface area contributed by atoms with Crippen LogP contribution in [0.5, 0.6) is 0 Å². The summed E-state index contributed by atoms with van der Waals surface area (Å²) in [5.41, 5.74) is 2.41. The Kier molecular flexibility index (Phi) is 5.14. The van der Waals surface area contributed by atoms with Crippen LogP contribution in [0.4, 0.5) is 16.2 Å². The predicted octanol–water partition coefficient (Wildman–Crippen LogP) is 3.08. The van der Waals surface area contributed by atoms with Gasteiger partial charge in [-0.2, -0.15) is 8.42 Å². The highest BCUT2D eigenvalue weighted by molar-refractivity contribution is 7.91. The fourth-order valence-corrected chi connectivity index (χ4v) is 3.64. The molecule has 2 heterocycles. The highest BCUT2D eigenvalue weighted by Crippen LogP contribution is 2.38. The van der Waals surface area contributed by atoms with Gasteiger partial charge in [-0.05, 0) is 63.6 Å². The summed E-state index contributed by atoms with van der Waals surface area (Å²) in [4.78, 5) is 27.2. The molecule has 4 N–H and O–H groups in total. The van der Waals surface area contributed by atoms with Crippen LogP contribution in [-0.4, -0.2) is 31.0 Å². The Balaban J connectivity index is 1.87. The smallest absolute Gasteiger partial charge is 0.422 e. The van der Waals surface area contributed by atoms with Crippen molar-refractivity contribution in [2.75, 3.05) is 10.0 Å². The van der Waals surface area contributed by atoms with Crippen LogP contribution in [0.1, 0.15) is 39.0 Å². The van der Waals surface area contributed by atoms with Crippen LogP contribution in [0.15, 0.2) is 36.5 Å². The zero-order chi connectivity index (χ0) is 21.4. The monoisotopic (exact) mass is 418 g/mol. The second-order valence-corrected chi connectivity index (χ2v) is 8.92. The van der Waals surface area contributed by atoms with Crippen LogP contribution < -0.4 is 14.8 Å². The maximum atomic E-state index is 12.4. The van der Waals surface area contributed by atoms with E-state index in [1.165, 1.54) is 12.1 Å². The van der Waals surface area contributed by atoms with Gasteiger partial charge in [-0.25, -0.2) is 9.52 Å². The Bertz CT molecular complexity index is 1100. The minimum absolute atomic E-state index is 0.188. The van der Waals surface area contributed by atoms with Crippen molar-refractivity contribution in [3.63, 3.8) is 0 Å². The van der Waals surface area contributed by atoms with E-state index < -0.39 is 21.9 Å². The van der Waals surface area contributed by atoms with Crippen molar-refractivity contribution < 1.29 is 22.7 Å². The molecule has 1 aromatic heterocycles. The standard InChI is InChI=1S/C19H22N4O5S/c1-11(14-6-5-9-20-14)16-13-10-12(7-8-15(13)21-17(16)24)22-29(26,27)23-18(25)28-19(2,3)4/h5-10,20,22H,1-4H3,(H,21,24)(H,23,25)/b16-11+. The second kappa shape index (κ2) is 7.28. The van der Waals surface area contributed by atoms with Gasteiger partial charge in [-0.3, -0.25) is 9.52 Å². The average Bonchev–Trinajstić information content (AvgIpc) is 3.18. The number of carbonyl (C=O) groups excluding carboxylic acids is 2. The average molecular weight is 418 g/mol. The Morgan fingerprint density at radius 1 is 1.17 bits per heavy atom. The quantitative estimate of drug-likeness (QED) is 0.567. The van der Waals surface area contributed by atoms with Crippen molar-refractivity contribution >= 4 is 44.7 Å². The van der Waals surface area contributed by atoms with E-state index in [2.05, 4.69) is 15.0 Å². The van der Waals surface area contributed by atoms with Crippen molar-refractivity contribution in [1.82, 2.24) is 9.71 Å². The third-order valence-electron chi connectivity index (χ3n) is 4.01. The molecule has 9 nitrogen and oxygen atoms in total. The van der Waals surface area contributed by atoms with E-state index in [0.29, 0.717) is 16.8 Å². The van der Waals surface area contributed by atoms with Gasteiger partial charge in [0.2, 0.25) is 0 Å². The summed E-state index contributed by atoms with van der Waals surface area (Å²) in [5, 5.41) is 2.76. The van der Waals surface area contributed by atoms with Crippen molar-refractivity contribution in [2.45, 2.75) is 33.3 Å². The molecule has 154 valence electrons. The van der Waals surface area contributed by atoms with E-state index in [4.69, 9.17) is 4.74 Å². The van der Waals surface area contributed by atoms with Crippen LogP contribution in [0, 0.1) is 0 Å². The molecule has 0 atom stereocenters. The number of benzene rings is 1. The molecule has 0 aliphatic carbocycles. The first-order valence-electron chi connectivity index (χ1n) is 8.79. The van der Waals surface area contributed by atoms with Crippen molar-refractivity contribution in [2.24, 2.45) is 0 Å². The fourth-order valence-electron chi connectivity index (χ4n) is 2.89. The molecule has 0 saturated heterocycles. The molecule has 0 fully saturated rings. The molecule has 1 aromatic carbocycles. The summed E-state index contributed by atoms with van der Waals surface area (Å²) in [6.07, 6.45) is 0.659. The molecule has 0 spiro atoms. The molecule has 3 rings (SSSR count). The van der Waals surface area contributed by atoms with Gasteiger partial charge in [0.25, 0.3) is 5.91 Å². The molecule has 10 heteroatoms. The Hall–Kier alpha value is -3.27. The molecule has 0 unspecified atom stereocenters. The molecular weight excluding hydrogens is 396 g/mol. The highest BCUT2D eigenvalue weighted by Gasteiger charge is 2.28. The predicted molar refractivity (Wildman–Crippen MR) is 110 cm³/mol. The molecule has 29 heavy (non-hydrogen) atoms. The first-order valence-corrected chi connectivity index (χ1v) is 10.3. The number of aromatic amines is 1. The maximum absolute atomic E-state index is 12.4. The molecular formula is C19H22N4O5S. The van der Waals surface area contributed by atoms with Crippen LogP contribution in [0.3, 0.4) is 0 Å². The maximum Gasteiger partial charge on any atom is 0.422 e. The summed E-state index contributed by atoms with van der Waals surface area (Å²) in [6, 6.07) is 8.27. The van der Waals surface area contributed by atoms with Gasteiger partial charge in [0.15, 0.2) is 0 Å². The lowest BCUT2D eigenvalue weighted by Gasteiger charge is -2.19. The lowest BCUT2D eigenvalue weighted by molar-refractivity contribution is -0.110. The summed E-state index contributed by atoms with van der Waals surface area (Å²) in [7, 11) is -4.22. The largest absolute Gasteiger partial charge is 0.443 e. The Morgan fingerprint density at radius 2 is 1.90 bits per heavy atom. The van der Waals surface area contributed by atoms with Gasteiger partial charge in [-0.1, -0.05) is 0 Å². The molecule has 2 aromatic rings. The number of rotatable bonds is 4. The third-order valence-corrected chi connectivity index (χ3v) is 4.95. The third kappa shape index (κ3) is 4.77. The van der Waals surface area contributed by atoms with Crippen LogP contribution >= 0.6 is 0 Å². The molecule has 2 amide bonds. The van der Waals surface area contributed by atoms with Crippen molar-refractivity contribution in [3.8, 4) is 0 Å². The number of H-pyrrole nitrogens is 1. The Morgan fingerprint density at radius 3 is 2.52 bits per heavy atom. The molecule has 0 radical (unpaired) electrons. The Labute approximate surface area is 168 Å². The first kappa shape index (κ1) is 20.5. The normalized spacial score (nSPS) is 15.4. The number of nitrogens with one attached hydrogen (secondary N) is 4. The number of allylic oxidation sites excluding steroid dienone is 1. The summed E-state index contributed by atoms with van der Waals surface area (Å²) < 4.78 is 33.5. The van der Waals surface area contributed by atoms with E-state index in [1.54, 1.807) is 44.7 Å². The van der Waals surface area contributed by atoms with Crippen molar-refractivity contribution in [1.29, 1.82) is 0 Å². The van der Waals surface area contributed by atoms with E-state index in [-0.39, 0.29) is 11.6 Å². The topological polar surface area (TPSA) is 129 Å². The number of amides is 2. The first-order chi connectivity index (χ1) is 13.5. The van der Waals surface area contributed by atoms with Crippen LogP contribution in [-0.2, 0) is 19.7 Å². The van der Waals surface area contributed by atoms with Gasteiger partial charge >= 0.3 is 16.3 Å². The summed E-state index contributed by atoms with van der Waals surface area (Å²) >= 11 is 0.